The zero-order valence-electron chi connectivity index (χ0n) is 10.5. The van der Waals surface area contributed by atoms with E-state index in [4.69, 9.17) is 17.3 Å². The van der Waals surface area contributed by atoms with Crippen molar-refractivity contribution in [2.24, 2.45) is 5.92 Å². The molecule has 0 radical (unpaired) electrons. The molecule has 1 rings (SSSR count). The predicted molar refractivity (Wildman–Crippen MR) is 72.2 cm³/mol. The van der Waals surface area contributed by atoms with Gasteiger partial charge in [-0.25, -0.2) is 0 Å². The molecule has 1 aromatic rings. The number of rotatable bonds is 4. The van der Waals surface area contributed by atoms with Crippen LogP contribution in [0.3, 0.4) is 0 Å². The van der Waals surface area contributed by atoms with Crippen LogP contribution in [0.4, 0.5) is 5.69 Å². The van der Waals surface area contributed by atoms with Gasteiger partial charge in [-0.05, 0) is 31.4 Å². The minimum Gasteiger partial charge on any atom is -0.398 e. The Morgan fingerprint density at radius 1 is 1.41 bits per heavy atom. The number of nitrogen functional groups attached to an aromatic ring is 1. The fraction of sp³-hybridized carbons (Fsp3) is 0.462. The van der Waals surface area contributed by atoms with Crippen molar-refractivity contribution in [3.63, 3.8) is 0 Å². The molecular formula is C13H19ClN2O. The molecule has 1 amide bonds. The second-order valence-corrected chi connectivity index (χ2v) is 5.09. The fourth-order valence-corrected chi connectivity index (χ4v) is 2.00. The normalized spacial score (nSPS) is 12.5. The van der Waals surface area contributed by atoms with Crippen LogP contribution in [0.25, 0.3) is 0 Å². The van der Waals surface area contributed by atoms with E-state index in [2.05, 4.69) is 19.2 Å². The third-order valence-corrected chi connectivity index (χ3v) is 2.90. The molecule has 0 aliphatic carbocycles. The number of nitrogens with two attached hydrogens (primary N) is 1. The van der Waals surface area contributed by atoms with Crippen molar-refractivity contribution in [2.45, 2.75) is 33.2 Å². The maximum absolute atomic E-state index is 12.0. The third kappa shape index (κ3) is 3.93. The van der Waals surface area contributed by atoms with Crippen molar-refractivity contribution in [1.82, 2.24) is 5.32 Å². The van der Waals surface area contributed by atoms with Crippen LogP contribution in [0.1, 0.15) is 37.6 Å². The Morgan fingerprint density at radius 2 is 2.06 bits per heavy atom. The van der Waals surface area contributed by atoms with Gasteiger partial charge in [0.15, 0.2) is 0 Å². The van der Waals surface area contributed by atoms with E-state index in [9.17, 15) is 4.79 Å². The molecule has 0 spiro atoms. The Hall–Kier alpha value is -1.22. The summed E-state index contributed by atoms with van der Waals surface area (Å²) in [7, 11) is 0. The quantitative estimate of drug-likeness (QED) is 0.812. The zero-order valence-corrected chi connectivity index (χ0v) is 11.2. The van der Waals surface area contributed by atoms with Crippen molar-refractivity contribution in [1.29, 1.82) is 0 Å². The lowest BCUT2D eigenvalue weighted by Crippen LogP contribution is -2.33. The smallest absolute Gasteiger partial charge is 0.253 e. The van der Waals surface area contributed by atoms with E-state index < -0.39 is 0 Å². The molecule has 0 saturated carbocycles. The lowest BCUT2D eigenvalue weighted by atomic mass is 10.0. The third-order valence-electron chi connectivity index (χ3n) is 2.48. The predicted octanol–water partition coefficient (Wildman–Crippen LogP) is 3.09. The van der Waals surface area contributed by atoms with Crippen molar-refractivity contribution >= 4 is 23.2 Å². The van der Waals surface area contributed by atoms with Gasteiger partial charge >= 0.3 is 0 Å². The molecule has 0 bridgehead atoms. The number of anilines is 1. The van der Waals surface area contributed by atoms with Gasteiger partial charge in [0.05, 0.1) is 16.3 Å². The molecule has 0 aliphatic rings. The second kappa shape index (κ2) is 5.92. The summed E-state index contributed by atoms with van der Waals surface area (Å²) in [5.74, 6) is 0.372. The highest BCUT2D eigenvalue weighted by Gasteiger charge is 2.14. The molecule has 0 heterocycles. The minimum absolute atomic E-state index is 0.125. The number of halogens is 1. The van der Waals surface area contributed by atoms with E-state index in [0.717, 1.165) is 6.42 Å². The SMILES string of the molecule is CC(C)CC(C)NC(=O)c1cccc(N)c1Cl. The monoisotopic (exact) mass is 254 g/mol. The first-order valence-corrected chi connectivity index (χ1v) is 6.14. The van der Waals surface area contributed by atoms with Gasteiger partial charge in [0.2, 0.25) is 0 Å². The highest BCUT2D eigenvalue weighted by atomic mass is 35.5. The average Bonchev–Trinajstić information content (AvgIpc) is 2.20. The standard InChI is InChI=1S/C13H19ClN2O/c1-8(2)7-9(3)16-13(17)10-5-4-6-11(15)12(10)14/h4-6,8-9H,7,15H2,1-3H3,(H,16,17). The molecule has 0 aromatic heterocycles. The maximum atomic E-state index is 12.0. The molecule has 0 aliphatic heterocycles. The van der Waals surface area contributed by atoms with Crippen LogP contribution in [0.2, 0.25) is 5.02 Å². The second-order valence-electron chi connectivity index (χ2n) is 4.71. The summed E-state index contributed by atoms with van der Waals surface area (Å²) in [6.45, 7) is 6.23. The molecule has 1 unspecified atom stereocenters. The van der Waals surface area contributed by atoms with Crippen LogP contribution in [0, 0.1) is 5.92 Å². The van der Waals surface area contributed by atoms with E-state index in [1.54, 1.807) is 18.2 Å². The summed E-state index contributed by atoms with van der Waals surface area (Å²) in [5, 5.41) is 3.24. The molecular weight excluding hydrogens is 236 g/mol. The summed E-state index contributed by atoms with van der Waals surface area (Å²) in [6, 6.07) is 5.20. The molecule has 1 atom stereocenters. The van der Waals surface area contributed by atoms with Gasteiger partial charge < -0.3 is 11.1 Å². The number of carbonyl (C=O) groups is 1. The minimum atomic E-state index is -0.171. The first-order valence-electron chi connectivity index (χ1n) is 5.76. The van der Waals surface area contributed by atoms with Gasteiger partial charge in [-0.1, -0.05) is 31.5 Å². The molecule has 94 valence electrons. The molecule has 17 heavy (non-hydrogen) atoms. The Balaban J connectivity index is 2.73. The van der Waals surface area contributed by atoms with Gasteiger partial charge in [-0.15, -0.1) is 0 Å². The zero-order chi connectivity index (χ0) is 13.0. The van der Waals surface area contributed by atoms with E-state index in [1.807, 2.05) is 6.92 Å². The highest BCUT2D eigenvalue weighted by molar-refractivity contribution is 6.36. The van der Waals surface area contributed by atoms with Gasteiger partial charge in [0.25, 0.3) is 5.91 Å². The Morgan fingerprint density at radius 3 is 2.65 bits per heavy atom. The first-order chi connectivity index (χ1) is 7.91. The number of benzene rings is 1. The molecule has 0 fully saturated rings. The lowest BCUT2D eigenvalue weighted by molar-refractivity contribution is 0.0936. The van der Waals surface area contributed by atoms with Crippen molar-refractivity contribution in [3.05, 3.63) is 28.8 Å². The summed E-state index contributed by atoms with van der Waals surface area (Å²) in [4.78, 5) is 12.0. The van der Waals surface area contributed by atoms with Gasteiger partial charge in [0.1, 0.15) is 0 Å². The van der Waals surface area contributed by atoms with Crippen LogP contribution in [0.15, 0.2) is 18.2 Å². The molecule has 4 heteroatoms. The van der Waals surface area contributed by atoms with E-state index in [-0.39, 0.29) is 11.9 Å². The summed E-state index contributed by atoms with van der Waals surface area (Å²) in [5.41, 5.74) is 6.52. The van der Waals surface area contributed by atoms with E-state index in [1.165, 1.54) is 0 Å². The largest absolute Gasteiger partial charge is 0.398 e. The van der Waals surface area contributed by atoms with Crippen molar-refractivity contribution in [2.75, 3.05) is 5.73 Å². The van der Waals surface area contributed by atoms with E-state index in [0.29, 0.717) is 22.2 Å². The fourth-order valence-electron chi connectivity index (χ4n) is 1.79. The highest BCUT2D eigenvalue weighted by Crippen LogP contribution is 2.23. The van der Waals surface area contributed by atoms with Gasteiger partial charge in [0, 0.05) is 6.04 Å². The lowest BCUT2D eigenvalue weighted by Gasteiger charge is -2.16. The molecule has 3 N–H and O–H groups in total. The first kappa shape index (κ1) is 13.8. The summed E-state index contributed by atoms with van der Waals surface area (Å²) < 4.78 is 0. The van der Waals surface area contributed by atoms with Crippen LogP contribution in [-0.4, -0.2) is 11.9 Å². The summed E-state index contributed by atoms with van der Waals surface area (Å²) >= 11 is 5.99. The Labute approximate surface area is 107 Å². The summed E-state index contributed by atoms with van der Waals surface area (Å²) in [6.07, 6.45) is 0.936. The van der Waals surface area contributed by atoms with Gasteiger partial charge in [-0.2, -0.15) is 0 Å². The van der Waals surface area contributed by atoms with Crippen LogP contribution in [-0.2, 0) is 0 Å². The van der Waals surface area contributed by atoms with Crippen molar-refractivity contribution < 1.29 is 4.79 Å². The topological polar surface area (TPSA) is 55.1 Å². The molecule has 1 aromatic carbocycles. The van der Waals surface area contributed by atoms with Crippen LogP contribution >= 0.6 is 11.6 Å². The Bertz CT molecular complexity index is 404. The van der Waals surface area contributed by atoms with Gasteiger partial charge in [-0.3, -0.25) is 4.79 Å². The number of hydrogen-bond donors (Lipinski definition) is 2. The Kier molecular flexibility index (Phi) is 4.82. The van der Waals surface area contributed by atoms with Crippen molar-refractivity contribution in [3.8, 4) is 0 Å². The number of hydrogen-bond acceptors (Lipinski definition) is 2. The molecule has 3 nitrogen and oxygen atoms in total. The van der Waals surface area contributed by atoms with Crippen LogP contribution in [0.5, 0.6) is 0 Å². The van der Waals surface area contributed by atoms with Crippen LogP contribution < -0.4 is 11.1 Å². The number of amides is 1. The number of carbonyl (C=O) groups excluding carboxylic acids is 1. The van der Waals surface area contributed by atoms with E-state index >= 15 is 0 Å². The maximum Gasteiger partial charge on any atom is 0.253 e. The number of nitrogens with one attached hydrogen (secondary N) is 1. The average molecular weight is 255 g/mol. The molecule has 0 saturated heterocycles.